The molecule has 2 unspecified atom stereocenters. The Bertz CT molecular complexity index is 614. The van der Waals surface area contributed by atoms with Gasteiger partial charge in [0.15, 0.2) is 0 Å². The zero-order chi connectivity index (χ0) is 27.3. The van der Waals surface area contributed by atoms with Crippen molar-refractivity contribution in [2.45, 2.75) is 142 Å². The number of ether oxygens (including phenoxy) is 1. The first-order valence-electron chi connectivity index (χ1n) is 14.3. The normalized spacial score (nSPS) is 16.7. The maximum Gasteiger partial charge on any atom is 0.357 e. The van der Waals surface area contributed by atoms with Crippen LogP contribution in [0.5, 0.6) is 0 Å². The van der Waals surface area contributed by atoms with E-state index in [2.05, 4.69) is 13.8 Å². The van der Waals surface area contributed by atoms with Gasteiger partial charge in [0.2, 0.25) is 0 Å². The van der Waals surface area contributed by atoms with Crippen molar-refractivity contribution in [3.63, 3.8) is 0 Å². The molecule has 0 fully saturated rings. The summed E-state index contributed by atoms with van der Waals surface area (Å²) in [5.41, 5.74) is 0. The number of esters is 1. The molecule has 0 aromatic carbocycles. The number of rotatable bonds is 25. The highest BCUT2D eigenvalue weighted by Gasteiger charge is 2.68. The number of hydrogen-bond acceptors (Lipinski definition) is 6. The summed E-state index contributed by atoms with van der Waals surface area (Å²) >= 11 is 0. The van der Waals surface area contributed by atoms with Crippen LogP contribution in [0.3, 0.4) is 0 Å². The molecule has 0 amide bonds. The van der Waals surface area contributed by atoms with E-state index in [4.69, 9.17) is 13.8 Å². The zero-order valence-corrected chi connectivity index (χ0v) is 25.2. The minimum Gasteiger partial charge on any atom is -0.465 e. The molecule has 0 saturated heterocycles. The van der Waals surface area contributed by atoms with Crippen molar-refractivity contribution in [2.24, 2.45) is 0 Å². The average molecular weight is 557 g/mol. The highest BCUT2D eigenvalue weighted by Crippen LogP contribution is 2.75. The van der Waals surface area contributed by atoms with Crippen molar-refractivity contribution < 1.29 is 37.5 Å². The number of carbonyl (C=O) groups is 1. The fraction of sp³-hybridized carbons (Fsp3) is 0.962. The van der Waals surface area contributed by atoms with Crippen molar-refractivity contribution in [1.29, 1.82) is 0 Å². The van der Waals surface area contributed by atoms with Gasteiger partial charge in [0.05, 0.1) is 19.8 Å². The molecule has 36 heavy (non-hydrogen) atoms. The molecule has 2 atom stereocenters. The second-order valence-corrected chi connectivity index (χ2v) is 14.0. The fourth-order valence-electron chi connectivity index (χ4n) is 4.24. The summed E-state index contributed by atoms with van der Waals surface area (Å²) in [6.45, 7) is 7.02. The van der Waals surface area contributed by atoms with E-state index in [1.165, 1.54) is 65.2 Å². The van der Waals surface area contributed by atoms with Crippen molar-refractivity contribution in [2.75, 3.05) is 19.8 Å². The lowest BCUT2D eigenvalue weighted by molar-refractivity contribution is -0.145. The summed E-state index contributed by atoms with van der Waals surface area (Å²) in [7, 11) is -9.80. The Kier molecular flexibility index (Phi) is 20.6. The molecule has 8 nitrogen and oxygen atoms in total. The molecular formula is C26H54O8P2. The summed E-state index contributed by atoms with van der Waals surface area (Å²) in [5.74, 6) is -1.23. The smallest absolute Gasteiger partial charge is 0.357 e. The average Bonchev–Trinajstić information content (AvgIpc) is 2.82. The third-order valence-corrected chi connectivity index (χ3v) is 12.0. The predicted molar refractivity (Wildman–Crippen MR) is 146 cm³/mol. The van der Waals surface area contributed by atoms with Crippen molar-refractivity contribution in [1.82, 2.24) is 0 Å². The van der Waals surface area contributed by atoms with E-state index in [9.17, 15) is 23.7 Å². The van der Waals surface area contributed by atoms with Crippen LogP contribution >= 0.6 is 15.2 Å². The van der Waals surface area contributed by atoms with Crippen LogP contribution in [0.4, 0.5) is 0 Å². The third-order valence-electron chi connectivity index (χ3n) is 6.56. The number of carbonyl (C=O) groups excluding carboxylic acids is 1. The first kappa shape index (κ1) is 35.8. The highest BCUT2D eigenvalue weighted by molar-refractivity contribution is 7.75. The SMILES string of the molecule is CCCCCCCCCCOP(=O)(O)C(CC)(C(=O)OCC)P(=O)(O)OCCCCCCCCCC. The number of unbranched alkanes of at least 4 members (excludes halogenated alkanes) is 14. The Hall–Kier alpha value is -0.230. The van der Waals surface area contributed by atoms with Crippen LogP contribution in [0.1, 0.15) is 137 Å². The predicted octanol–water partition coefficient (Wildman–Crippen LogP) is 8.34. The van der Waals surface area contributed by atoms with Gasteiger partial charge in [0.1, 0.15) is 0 Å². The molecule has 0 rings (SSSR count). The standard InChI is InChI=1S/C26H54O8P2/c1-5-9-11-13-15-17-19-21-23-33-35(28,29)26(7-3,25(27)32-8-4)36(30,31)34-24-22-20-18-16-14-12-10-6-2/h5-24H2,1-4H3,(H,28,29)(H,30,31). The molecule has 0 aliphatic carbocycles. The molecule has 216 valence electrons. The van der Waals surface area contributed by atoms with Crippen LogP contribution in [-0.2, 0) is 27.7 Å². The van der Waals surface area contributed by atoms with Crippen molar-refractivity contribution in [3.05, 3.63) is 0 Å². The molecule has 2 N–H and O–H groups in total. The van der Waals surface area contributed by atoms with Gasteiger partial charge in [-0.15, -0.1) is 0 Å². The number of hydrogen-bond donors (Lipinski definition) is 2. The van der Waals surface area contributed by atoms with E-state index in [1.54, 1.807) is 0 Å². The molecule has 0 spiro atoms. The lowest BCUT2D eigenvalue weighted by atomic mass is 10.1. The first-order chi connectivity index (χ1) is 17.2. The maximum atomic E-state index is 13.3. The molecule has 0 saturated carbocycles. The first-order valence-corrected chi connectivity index (χ1v) is 17.4. The van der Waals surface area contributed by atoms with E-state index in [1.807, 2.05) is 0 Å². The maximum absolute atomic E-state index is 13.3. The van der Waals surface area contributed by atoms with Crippen LogP contribution in [-0.4, -0.2) is 40.5 Å². The quantitative estimate of drug-likeness (QED) is 0.0654. The van der Waals surface area contributed by atoms with Crippen molar-refractivity contribution in [3.8, 4) is 0 Å². The minimum absolute atomic E-state index is 0.0814. The lowest BCUT2D eigenvalue weighted by Crippen LogP contribution is -2.41. The van der Waals surface area contributed by atoms with Crippen LogP contribution < -0.4 is 0 Å². The Balaban J connectivity index is 4.97. The minimum atomic E-state index is -4.90. The van der Waals surface area contributed by atoms with Crippen LogP contribution in [0.2, 0.25) is 0 Å². The van der Waals surface area contributed by atoms with Crippen LogP contribution in [0.25, 0.3) is 0 Å². The van der Waals surface area contributed by atoms with Gasteiger partial charge in [0.25, 0.3) is 4.90 Å². The highest BCUT2D eigenvalue weighted by atomic mass is 31.2. The van der Waals surface area contributed by atoms with Gasteiger partial charge in [-0.1, -0.05) is 111 Å². The monoisotopic (exact) mass is 556 g/mol. The second-order valence-electron chi connectivity index (χ2n) is 9.55. The molecule has 0 bridgehead atoms. The Morgan fingerprint density at radius 2 is 0.944 bits per heavy atom. The largest absolute Gasteiger partial charge is 0.465 e. The Labute approximate surface area is 220 Å². The van der Waals surface area contributed by atoms with Gasteiger partial charge in [-0.25, -0.2) is 0 Å². The summed E-state index contributed by atoms with van der Waals surface area (Å²) in [6, 6.07) is 0. The van der Waals surface area contributed by atoms with Gasteiger partial charge < -0.3 is 23.6 Å². The summed E-state index contributed by atoms with van der Waals surface area (Å²) < 4.78 is 42.2. The van der Waals surface area contributed by atoms with E-state index in [0.717, 1.165) is 38.5 Å². The zero-order valence-electron chi connectivity index (χ0n) is 23.4. The lowest BCUT2D eigenvalue weighted by Gasteiger charge is -2.35. The molecule has 0 aliphatic rings. The summed E-state index contributed by atoms with van der Waals surface area (Å²) in [5, 5.41) is 0. The van der Waals surface area contributed by atoms with E-state index < -0.39 is 32.5 Å². The summed E-state index contributed by atoms with van der Waals surface area (Å²) in [4.78, 5) is 31.8. The van der Waals surface area contributed by atoms with Gasteiger partial charge in [-0.05, 0) is 26.2 Å². The molecule has 0 radical (unpaired) electrons. The molecule has 0 aromatic rings. The molecule has 10 heteroatoms. The van der Waals surface area contributed by atoms with Gasteiger partial charge >= 0.3 is 21.2 Å². The van der Waals surface area contributed by atoms with Gasteiger partial charge in [0, 0.05) is 0 Å². The topological polar surface area (TPSA) is 119 Å². The fourth-order valence-corrected chi connectivity index (χ4v) is 8.44. The van der Waals surface area contributed by atoms with E-state index >= 15 is 0 Å². The third kappa shape index (κ3) is 12.5. The molecular weight excluding hydrogens is 502 g/mol. The summed E-state index contributed by atoms with van der Waals surface area (Å²) in [6.07, 6.45) is 16.0. The Morgan fingerprint density at radius 1 is 0.611 bits per heavy atom. The van der Waals surface area contributed by atoms with Crippen LogP contribution in [0, 0.1) is 0 Å². The second kappa shape index (κ2) is 20.7. The van der Waals surface area contributed by atoms with Gasteiger partial charge in [-0.3, -0.25) is 13.9 Å². The molecule has 0 heterocycles. The van der Waals surface area contributed by atoms with Crippen LogP contribution in [0.15, 0.2) is 0 Å². The van der Waals surface area contributed by atoms with E-state index in [-0.39, 0.29) is 19.8 Å². The Morgan fingerprint density at radius 3 is 1.25 bits per heavy atom. The van der Waals surface area contributed by atoms with Crippen molar-refractivity contribution >= 4 is 21.2 Å². The molecule has 0 aromatic heterocycles. The molecule has 0 aliphatic heterocycles. The van der Waals surface area contributed by atoms with E-state index in [0.29, 0.717) is 12.8 Å². The van der Waals surface area contributed by atoms with Gasteiger partial charge in [-0.2, -0.15) is 0 Å².